The van der Waals surface area contributed by atoms with Crippen LogP contribution in [0.4, 0.5) is 8.78 Å². The van der Waals surface area contributed by atoms with Crippen LogP contribution in [0.25, 0.3) is 5.52 Å². The number of aromatic nitrogens is 3. The van der Waals surface area contributed by atoms with Crippen LogP contribution in [0.3, 0.4) is 0 Å². The molecule has 5 rings (SSSR count). The fourth-order valence-corrected chi connectivity index (χ4v) is 4.34. The van der Waals surface area contributed by atoms with E-state index in [-0.39, 0.29) is 23.6 Å². The molecule has 0 radical (unpaired) electrons. The first-order valence-corrected chi connectivity index (χ1v) is 8.40. The standard InChI is InChI=1S/C18H14F2N4O3/c1-23-11-5-9(15-10-6-13(25)21-7-24(10)22-16(11)15)14-8(17(23)26)3-2-4-12(14)27-18(19)20/h2-4,6-7,9,11,18,22H,5H2,1H3/t9-,11-/m1/s1. The fraction of sp³-hybridized carbons (Fsp3) is 0.278. The number of rotatable bonds is 2. The molecule has 0 saturated carbocycles. The van der Waals surface area contributed by atoms with Gasteiger partial charge in [0.1, 0.15) is 12.1 Å². The summed E-state index contributed by atoms with van der Waals surface area (Å²) in [6.07, 6.45) is 1.90. The maximum Gasteiger partial charge on any atom is 0.387 e. The lowest BCUT2D eigenvalue weighted by atomic mass is 9.89. The van der Waals surface area contributed by atoms with Gasteiger partial charge < -0.3 is 9.64 Å². The Kier molecular flexibility index (Phi) is 3.19. The van der Waals surface area contributed by atoms with Gasteiger partial charge >= 0.3 is 6.61 Å². The normalized spacial score (nSPS) is 20.7. The molecule has 0 fully saturated rings. The van der Waals surface area contributed by atoms with E-state index < -0.39 is 12.2 Å². The van der Waals surface area contributed by atoms with Crippen molar-refractivity contribution in [2.45, 2.75) is 25.0 Å². The van der Waals surface area contributed by atoms with E-state index in [1.165, 1.54) is 24.5 Å². The highest BCUT2D eigenvalue weighted by Crippen LogP contribution is 2.53. The Balaban J connectivity index is 1.84. The first-order valence-electron chi connectivity index (χ1n) is 8.40. The van der Waals surface area contributed by atoms with Crippen LogP contribution in [0.1, 0.15) is 45.6 Å². The number of nitrogens with zero attached hydrogens (tertiary/aromatic N) is 3. The number of H-pyrrole nitrogens is 1. The molecule has 1 aliphatic carbocycles. The summed E-state index contributed by atoms with van der Waals surface area (Å²) in [6, 6.07) is 5.74. The van der Waals surface area contributed by atoms with Crippen molar-refractivity contribution < 1.29 is 18.3 Å². The number of alkyl halides is 2. The van der Waals surface area contributed by atoms with Gasteiger partial charge in [-0.15, -0.1) is 0 Å². The summed E-state index contributed by atoms with van der Waals surface area (Å²) >= 11 is 0. The van der Waals surface area contributed by atoms with Crippen LogP contribution in [-0.4, -0.2) is 39.1 Å². The molecule has 0 spiro atoms. The molecule has 1 aliphatic heterocycles. The Morgan fingerprint density at radius 2 is 2.11 bits per heavy atom. The second-order valence-corrected chi connectivity index (χ2v) is 6.74. The summed E-state index contributed by atoms with van der Waals surface area (Å²) in [6.45, 7) is -3.00. The number of amides is 1. The highest BCUT2D eigenvalue weighted by atomic mass is 19.3. The molecule has 27 heavy (non-hydrogen) atoms. The smallest absolute Gasteiger partial charge is 0.387 e. The topological polar surface area (TPSA) is 79.7 Å². The van der Waals surface area contributed by atoms with Gasteiger partial charge in [-0.3, -0.25) is 14.7 Å². The summed E-state index contributed by atoms with van der Waals surface area (Å²) in [5, 5.41) is 3.18. The third kappa shape index (κ3) is 2.14. The molecule has 2 aliphatic rings. The molecular weight excluding hydrogens is 358 g/mol. The van der Waals surface area contributed by atoms with Gasteiger partial charge in [0.05, 0.1) is 17.3 Å². The van der Waals surface area contributed by atoms with Crippen molar-refractivity contribution >= 4 is 11.4 Å². The summed E-state index contributed by atoms with van der Waals surface area (Å²) in [7, 11) is 1.68. The molecule has 2 aromatic heterocycles. The largest absolute Gasteiger partial charge is 0.434 e. The number of halogens is 2. The van der Waals surface area contributed by atoms with Gasteiger partial charge in [0.25, 0.3) is 11.5 Å². The van der Waals surface area contributed by atoms with Crippen molar-refractivity contribution in [3.05, 3.63) is 63.3 Å². The average molecular weight is 372 g/mol. The Morgan fingerprint density at radius 1 is 1.30 bits per heavy atom. The molecule has 3 heterocycles. The van der Waals surface area contributed by atoms with Crippen molar-refractivity contribution in [1.29, 1.82) is 0 Å². The minimum absolute atomic E-state index is 0.0153. The van der Waals surface area contributed by atoms with Crippen molar-refractivity contribution in [1.82, 2.24) is 19.5 Å². The summed E-state index contributed by atoms with van der Waals surface area (Å²) < 4.78 is 32.3. The zero-order chi connectivity index (χ0) is 18.9. The van der Waals surface area contributed by atoms with Crippen molar-refractivity contribution in [2.75, 3.05) is 7.05 Å². The molecule has 1 amide bonds. The van der Waals surface area contributed by atoms with Crippen LogP contribution in [0.2, 0.25) is 0 Å². The maximum atomic E-state index is 13.0. The highest BCUT2D eigenvalue weighted by molar-refractivity contribution is 5.98. The predicted octanol–water partition coefficient (Wildman–Crippen LogP) is 2.29. The van der Waals surface area contributed by atoms with E-state index in [2.05, 4.69) is 10.1 Å². The quantitative estimate of drug-likeness (QED) is 0.749. The second kappa shape index (κ2) is 5.38. The second-order valence-electron chi connectivity index (χ2n) is 6.74. The number of hydrogen-bond acceptors (Lipinski definition) is 4. The maximum absolute atomic E-state index is 13.0. The first-order chi connectivity index (χ1) is 13.0. The molecule has 0 unspecified atom stereocenters. The molecule has 1 aromatic carbocycles. The minimum atomic E-state index is -3.00. The minimum Gasteiger partial charge on any atom is -0.434 e. The van der Waals surface area contributed by atoms with Gasteiger partial charge in [-0.1, -0.05) is 6.07 Å². The summed E-state index contributed by atoms with van der Waals surface area (Å²) in [4.78, 5) is 30.1. The molecule has 7 nitrogen and oxygen atoms in total. The number of hydrogen-bond donors (Lipinski definition) is 1. The lowest BCUT2D eigenvalue weighted by Crippen LogP contribution is -2.30. The van der Waals surface area contributed by atoms with Gasteiger partial charge in [-0.25, -0.2) is 4.52 Å². The number of aromatic amines is 1. The Hall–Kier alpha value is -3.23. The molecule has 9 heteroatoms. The lowest BCUT2D eigenvalue weighted by molar-refractivity contribution is -0.0505. The van der Waals surface area contributed by atoms with Crippen LogP contribution in [0, 0.1) is 0 Å². The van der Waals surface area contributed by atoms with Crippen LogP contribution >= 0.6 is 0 Å². The van der Waals surface area contributed by atoms with Gasteiger partial charge in [-0.2, -0.15) is 13.8 Å². The predicted molar refractivity (Wildman–Crippen MR) is 90.2 cm³/mol. The van der Waals surface area contributed by atoms with Crippen molar-refractivity contribution in [3.63, 3.8) is 0 Å². The van der Waals surface area contributed by atoms with E-state index in [9.17, 15) is 18.4 Å². The van der Waals surface area contributed by atoms with E-state index in [0.717, 1.165) is 11.3 Å². The van der Waals surface area contributed by atoms with Crippen LogP contribution in [-0.2, 0) is 0 Å². The monoisotopic (exact) mass is 372 g/mol. The highest BCUT2D eigenvalue weighted by Gasteiger charge is 2.45. The van der Waals surface area contributed by atoms with E-state index in [4.69, 9.17) is 4.74 Å². The zero-order valence-corrected chi connectivity index (χ0v) is 14.1. The first kappa shape index (κ1) is 16.0. The van der Waals surface area contributed by atoms with Crippen molar-refractivity contribution in [2.24, 2.45) is 0 Å². The number of fused-ring (bicyclic) bond motifs is 9. The number of benzene rings is 1. The number of nitrogens with one attached hydrogen (secondary N) is 1. The molecule has 3 aromatic rings. The van der Waals surface area contributed by atoms with E-state index in [0.29, 0.717) is 23.1 Å². The van der Waals surface area contributed by atoms with E-state index in [1.54, 1.807) is 22.5 Å². The van der Waals surface area contributed by atoms with E-state index in [1.807, 2.05) is 0 Å². The molecule has 2 atom stereocenters. The average Bonchev–Trinajstić information content (AvgIpc) is 3.14. The molecule has 0 saturated heterocycles. The SMILES string of the molecule is CN1C(=O)c2cccc(OC(F)F)c2[C@H]2C[C@@H]1c1[nH]n3cnc(=O)cc3c12. The van der Waals surface area contributed by atoms with Crippen LogP contribution in [0.15, 0.2) is 35.4 Å². The van der Waals surface area contributed by atoms with Crippen LogP contribution < -0.4 is 10.3 Å². The van der Waals surface area contributed by atoms with Gasteiger partial charge in [-0.05, 0) is 18.6 Å². The third-order valence-electron chi connectivity index (χ3n) is 5.42. The van der Waals surface area contributed by atoms with Gasteiger partial charge in [0.2, 0.25) is 0 Å². The number of ether oxygens (including phenoxy) is 1. The van der Waals surface area contributed by atoms with Crippen molar-refractivity contribution in [3.8, 4) is 5.75 Å². The third-order valence-corrected chi connectivity index (χ3v) is 5.42. The Bertz CT molecular complexity index is 1150. The molecule has 138 valence electrons. The molecule has 1 N–H and O–H groups in total. The number of carbonyl (C=O) groups excluding carboxylic acids is 1. The zero-order valence-electron chi connectivity index (χ0n) is 14.1. The van der Waals surface area contributed by atoms with Gasteiger partial charge in [0, 0.05) is 35.7 Å². The number of carbonyl (C=O) groups is 1. The molecular formula is C18H14F2N4O3. The Labute approximate surface area is 151 Å². The van der Waals surface area contributed by atoms with E-state index >= 15 is 0 Å². The fourth-order valence-electron chi connectivity index (χ4n) is 4.34. The molecule has 2 bridgehead atoms. The summed E-state index contributed by atoms with van der Waals surface area (Å²) in [5.41, 5.74) is 2.59. The van der Waals surface area contributed by atoms with Crippen LogP contribution in [0.5, 0.6) is 5.75 Å². The Morgan fingerprint density at radius 3 is 2.89 bits per heavy atom. The summed E-state index contributed by atoms with van der Waals surface area (Å²) in [5.74, 6) is -0.625. The lowest BCUT2D eigenvalue weighted by Gasteiger charge is -2.24. The van der Waals surface area contributed by atoms with Gasteiger partial charge in [0.15, 0.2) is 0 Å².